The highest BCUT2D eigenvalue weighted by Crippen LogP contribution is 2.20. The number of ether oxygens (including phenoxy) is 2. The standard InChI is InChI=1S/C32H39N7O4/c1-23(38(5)31(41)43-32(2,3)4)29(40)36-27-8-6-7-25(21-27)9-10-26-22-35-30(34-16-13-24-11-14-33-15-12-24)37-28(26)39-17-19-42-20-18-39/h6-8,11-12,14-15,21-23H,13,16-20H2,1-5H3,(H,36,40)(H,34,35,37). The van der Waals surface area contributed by atoms with E-state index in [2.05, 4.69) is 37.3 Å². The number of anilines is 3. The van der Waals surface area contributed by atoms with Crippen LogP contribution in [0.25, 0.3) is 0 Å². The fourth-order valence-corrected chi connectivity index (χ4v) is 4.16. The van der Waals surface area contributed by atoms with Gasteiger partial charge in [-0.25, -0.2) is 9.78 Å². The molecular formula is C32H39N7O4. The number of carbonyl (C=O) groups excluding carboxylic acids is 2. The third-order valence-electron chi connectivity index (χ3n) is 6.64. The minimum atomic E-state index is -0.741. The lowest BCUT2D eigenvalue weighted by Crippen LogP contribution is -2.45. The zero-order valence-corrected chi connectivity index (χ0v) is 25.4. The summed E-state index contributed by atoms with van der Waals surface area (Å²) in [6.45, 7) is 10.3. The molecule has 1 aromatic carbocycles. The Hall–Kier alpha value is -4.69. The molecule has 1 unspecified atom stereocenters. The fourth-order valence-electron chi connectivity index (χ4n) is 4.16. The van der Waals surface area contributed by atoms with Crippen molar-refractivity contribution < 1.29 is 19.1 Å². The van der Waals surface area contributed by atoms with Gasteiger partial charge in [0, 0.05) is 50.3 Å². The number of carbonyl (C=O) groups is 2. The highest BCUT2D eigenvalue weighted by Gasteiger charge is 2.27. The van der Waals surface area contributed by atoms with Gasteiger partial charge in [0.25, 0.3) is 0 Å². The smallest absolute Gasteiger partial charge is 0.410 e. The number of benzene rings is 1. The maximum Gasteiger partial charge on any atom is 0.410 e. The Balaban J connectivity index is 1.46. The van der Waals surface area contributed by atoms with Crippen molar-refractivity contribution in [3.8, 4) is 11.8 Å². The Morgan fingerprint density at radius 1 is 1.14 bits per heavy atom. The third kappa shape index (κ3) is 9.41. The average Bonchev–Trinajstić information content (AvgIpc) is 3.00. The fraction of sp³-hybridized carbons (Fsp3) is 0.406. The first-order valence-corrected chi connectivity index (χ1v) is 14.3. The summed E-state index contributed by atoms with van der Waals surface area (Å²) in [5.74, 6) is 7.35. The van der Waals surface area contributed by atoms with Gasteiger partial charge in [-0.2, -0.15) is 4.98 Å². The van der Waals surface area contributed by atoms with Crippen LogP contribution in [0, 0.1) is 11.8 Å². The topological polar surface area (TPSA) is 122 Å². The SMILES string of the molecule is CC(C(=O)Nc1cccc(C#Cc2cnc(NCCc3ccncc3)nc2N2CCOCC2)c1)N(C)C(=O)OC(C)(C)C. The van der Waals surface area contributed by atoms with E-state index in [1.165, 1.54) is 17.5 Å². The summed E-state index contributed by atoms with van der Waals surface area (Å²) in [6.07, 6.45) is 5.56. The number of aromatic nitrogens is 3. The molecule has 0 saturated carbocycles. The van der Waals surface area contributed by atoms with E-state index < -0.39 is 17.7 Å². The van der Waals surface area contributed by atoms with Crippen LogP contribution in [-0.4, -0.2) is 83.4 Å². The summed E-state index contributed by atoms with van der Waals surface area (Å²) >= 11 is 0. The molecule has 0 radical (unpaired) electrons. The van der Waals surface area contributed by atoms with E-state index in [1.807, 2.05) is 24.3 Å². The first-order valence-electron chi connectivity index (χ1n) is 14.3. The third-order valence-corrected chi connectivity index (χ3v) is 6.64. The van der Waals surface area contributed by atoms with Gasteiger partial charge in [0.2, 0.25) is 11.9 Å². The highest BCUT2D eigenvalue weighted by molar-refractivity contribution is 5.96. The van der Waals surface area contributed by atoms with Gasteiger partial charge in [-0.3, -0.25) is 14.7 Å². The number of nitrogens with one attached hydrogen (secondary N) is 2. The van der Waals surface area contributed by atoms with Crippen molar-refractivity contribution in [2.45, 2.75) is 45.8 Å². The van der Waals surface area contributed by atoms with Gasteiger partial charge in [0.1, 0.15) is 17.5 Å². The molecule has 1 aliphatic rings. The molecule has 2 N–H and O–H groups in total. The minimum absolute atomic E-state index is 0.339. The molecule has 43 heavy (non-hydrogen) atoms. The van der Waals surface area contributed by atoms with Crippen LogP contribution >= 0.6 is 0 Å². The predicted molar refractivity (Wildman–Crippen MR) is 166 cm³/mol. The average molecular weight is 586 g/mol. The molecule has 0 aliphatic carbocycles. The second-order valence-electron chi connectivity index (χ2n) is 11.1. The summed E-state index contributed by atoms with van der Waals surface area (Å²) in [7, 11) is 1.54. The van der Waals surface area contributed by atoms with Gasteiger partial charge in [0.05, 0.1) is 25.0 Å². The molecule has 1 aliphatic heterocycles. The van der Waals surface area contributed by atoms with Crippen LogP contribution in [0.15, 0.2) is 55.0 Å². The van der Waals surface area contributed by atoms with Crippen molar-refractivity contribution in [2.24, 2.45) is 0 Å². The van der Waals surface area contributed by atoms with Crippen molar-refractivity contribution in [3.63, 3.8) is 0 Å². The van der Waals surface area contributed by atoms with Crippen LogP contribution < -0.4 is 15.5 Å². The van der Waals surface area contributed by atoms with Gasteiger partial charge in [-0.1, -0.05) is 17.9 Å². The van der Waals surface area contributed by atoms with Crippen LogP contribution in [0.1, 0.15) is 44.4 Å². The molecule has 4 rings (SSSR count). The molecule has 2 amide bonds. The lowest BCUT2D eigenvalue weighted by molar-refractivity contribution is -0.120. The first kappa shape index (κ1) is 31.3. The van der Waals surface area contributed by atoms with Crippen LogP contribution in [0.5, 0.6) is 0 Å². The molecule has 11 heteroatoms. The van der Waals surface area contributed by atoms with Crippen LogP contribution in [0.3, 0.4) is 0 Å². The Labute approximate surface area is 253 Å². The molecule has 11 nitrogen and oxygen atoms in total. The van der Waals surface area contributed by atoms with Crippen molar-refractivity contribution >= 4 is 29.5 Å². The Kier molecular flexibility index (Phi) is 10.5. The maximum absolute atomic E-state index is 12.9. The lowest BCUT2D eigenvalue weighted by atomic mass is 10.1. The summed E-state index contributed by atoms with van der Waals surface area (Å²) in [4.78, 5) is 42.1. The number of pyridine rings is 1. The highest BCUT2D eigenvalue weighted by atomic mass is 16.6. The van der Waals surface area contributed by atoms with Gasteiger partial charge in [0.15, 0.2) is 0 Å². The quantitative estimate of drug-likeness (QED) is 0.379. The molecule has 0 bridgehead atoms. The second kappa shape index (κ2) is 14.5. The summed E-state index contributed by atoms with van der Waals surface area (Å²) in [6, 6.07) is 10.5. The molecule has 3 aromatic rings. The largest absolute Gasteiger partial charge is 0.444 e. The van der Waals surface area contributed by atoms with Crippen LogP contribution in [0.2, 0.25) is 0 Å². The number of rotatable bonds is 8. The van der Waals surface area contributed by atoms with E-state index >= 15 is 0 Å². The van der Waals surface area contributed by atoms with Crippen LogP contribution in [-0.2, 0) is 20.7 Å². The summed E-state index contributed by atoms with van der Waals surface area (Å²) in [5, 5.41) is 6.18. The van der Waals surface area contributed by atoms with Gasteiger partial charge in [-0.15, -0.1) is 0 Å². The molecule has 3 heterocycles. The lowest BCUT2D eigenvalue weighted by Gasteiger charge is -2.28. The Morgan fingerprint density at radius 2 is 1.88 bits per heavy atom. The number of morpholine rings is 1. The van der Waals surface area contributed by atoms with Gasteiger partial charge in [-0.05, 0) is 70.0 Å². The van der Waals surface area contributed by atoms with E-state index in [0.717, 1.165) is 12.2 Å². The zero-order valence-electron chi connectivity index (χ0n) is 25.4. The van der Waals surface area contributed by atoms with Crippen LogP contribution in [0.4, 0.5) is 22.2 Å². The summed E-state index contributed by atoms with van der Waals surface area (Å²) in [5.41, 5.74) is 2.50. The second-order valence-corrected chi connectivity index (χ2v) is 11.1. The zero-order chi connectivity index (χ0) is 30.8. The first-order chi connectivity index (χ1) is 20.6. The molecule has 2 aromatic heterocycles. The van der Waals surface area contributed by atoms with Crippen molar-refractivity contribution in [3.05, 3.63) is 71.7 Å². The number of nitrogens with zero attached hydrogens (tertiary/aromatic N) is 5. The Morgan fingerprint density at radius 3 is 2.60 bits per heavy atom. The molecule has 226 valence electrons. The molecule has 1 saturated heterocycles. The molecule has 0 spiro atoms. The normalized spacial score (nSPS) is 13.7. The van der Waals surface area contributed by atoms with E-state index in [4.69, 9.17) is 14.5 Å². The van der Waals surface area contributed by atoms with Crippen molar-refractivity contribution in [2.75, 3.05) is 55.4 Å². The van der Waals surface area contributed by atoms with Gasteiger partial charge < -0.3 is 25.0 Å². The molecule has 1 fully saturated rings. The molecule has 1 atom stereocenters. The maximum atomic E-state index is 12.9. The molecular weight excluding hydrogens is 546 g/mol. The van der Waals surface area contributed by atoms with E-state index in [1.54, 1.807) is 58.4 Å². The summed E-state index contributed by atoms with van der Waals surface area (Å²) < 4.78 is 10.9. The monoisotopic (exact) mass is 585 g/mol. The van der Waals surface area contributed by atoms with Gasteiger partial charge >= 0.3 is 6.09 Å². The number of likely N-dealkylation sites (N-methyl/N-ethyl adjacent to an activating group) is 1. The van der Waals surface area contributed by atoms with E-state index in [0.29, 0.717) is 55.6 Å². The van der Waals surface area contributed by atoms with E-state index in [-0.39, 0.29) is 5.91 Å². The van der Waals surface area contributed by atoms with Crippen molar-refractivity contribution in [1.82, 2.24) is 19.9 Å². The number of hydrogen-bond donors (Lipinski definition) is 2. The number of hydrogen-bond acceptors (Lipinski definition) is 9. The number of amides is 2. The minimum Gasteiger partial charge on any atom is -0.444 e. The predicted octanol–water partition coefficient (Wildman–Crippen LogP) is 3.96. The van der Waals surface area contributed by atoms with E-state index in [9.17, 15) is 9.59 Å². The van der Waals surface area contributed by atoms with Crippen molar-refractivity contribution in [1.29, 1.82) is 0 Å². The Bertz CT molecular complexity index is 1460.